The molecule has 0 spiro atoms. The van der Waals surface area contributed by atoms with Crippen molar-refractivity contribution < 1.29 is 19.4 Å². The summed E-state index contributed by atoms with van der Waals surface area (Å²) in [5.41, 5.74) is 4.78. The molecule has 1 N–H and O–H groups in total. The molecule has 0 radical (unpaired) electrons. The van der Waals surface area contributed by atoms with E-state index in [1.807, 2.05) is 0 Å². The molecule has 62 heavy (non-hydrogen) atoms. The smallest absolute Gasteiger partial charge is 0.306 e. The zero-order valence-corrected chi connectivity index (χ0v) is 40.6. The second-order valence-corrected chi connectivity index (χ2v) is 18.9. The number of β-amino-alcohol motifs (C(OH)–C–C–N with tert-alkyl or cyclic N) is 1. The van der Waals surface area contributed by atoms with Crippen molar-refractivity contribution in [2.45, 2.75) is 226 Å². The normalized spacial score (nSPS) is 13.5. The number of aryl methyl sites for hydroxylation is 1. The van der Waals surface area contributed by atoms with Crippen molar-refractivity contribution in [1.82, 2.24) is 9.80 Å². The molecule has 1 saturated heterocycles. The Kier molecular flexibility index (Phi) is 33.0. The predicted molar refractivity (Wildman–Crippen MR) is 265 cm³/mol. The monoisotopic (exact) mass is 861 g/mol. The molecule has 1 aliphatic rings. The topological polar surface area (TPSA) is 62.2 Å². The molecule has 0 aromatic heterocycles. The van der Waals surface area contributed by atoms with Gasteiger partial charge in [-0.05, 0) is 66.6 Å². The van der Waals surface area contributed by atoms with Crippen LogP contribution in [-0.2, 0) is 22.6 Å². The molecular formula is C56H96N2O4. The van der Waals surface area contributed by atoms with Crippen molar-refractivity contribution in [3.05, 3.63) is 53.6 Å². The van der Waals surface area contributed by atoms with Gasteiger partial charge in [-0.25, -0.2) is 0 Å². The van der Waals surface area contributed by atoms with Gasteiger partial charge in [0.15, 0.2) is 0 Å². The number of nitrogens with zero attached hydrogens (tertiary/aromatic N) is 2. The van der Waals surface area contributed by atoms with E-state index in [1.165, 1.54) is 196 Å². The lowest BCUT2D eigenvalue weighted by molar-refractivity contribution is -0.145. The van der Waals surface area contributed by atoms with Gasteiger partial charge >= 0.3 is 5.97 Å². The maximum atomic E-state index is 12.6. The summed E-state index contributed by atoms with van der Waals surface area (Å²) < 4.78 is 12.1. The maximum Gasteiger partial charge on any atom is 0.306 e. The highest BCUT2D eigenvalue weighted by Crippen LogP contribution is 2.28. The van der Waals surface area contributed by atoms with Gasteiger partial charge in [-0.2, -0.15) is 0 Å². The number of aliphatic hydroxyl groups is 1. The summed E-state index contributed by atoms with van der Waals surface area (Å²) >= 11 is 0. The van der Waals surface area contributed by atoms with E-state index in [2.05, 4.69) is 66.1 Å². The Morgan fingerprint density at radius 2 is 0.952 bits per heavy atom. The third kappa shape index (κ3) is 27.7. The van der Waals surface area contributed by atoms with Crippen LogP contribution in [0.4, 0.5) is 0 Å². The molecule has 354 valence electrons. The Morgan fingerprint density at radius 1 is 0.500 bits per heavy atom. The molecular weight excluding hydrogens is 765 g/mol. The van der Waals surface area contributed by atoms with Crippen molar-refractivity contribution in [2.75, 3.05) is 52.5 Å². The second kappa shape index (κ2) is 37.9. The van der Waals surface area contributed by atoms with Crippen molar-refractivity contribution in [1.29, 1.82) is 0 Å². The highest BCUT2D eigenvalue weighted by Gasteiger charge is 2.16. The SMILES string of the molecule is CCCCCCCCCCCCCCCCCCOc1cc(CCCCCCCCCCCCCCC)cc(-c2ccc(COC(=O)CCCN3CCN(CCO)CC3)cc2)c1. The molecule has 2 aromatic rings. The van der Waals surface area contributed by atoms with E-state index in [9.17, 15) is 9.90 Å². The van der Waals surface area contributed by atoms with Crippen molar-refractivity contribution in [2.24, 2.45) is 0 Å². The summed E-state index contributed by atoms with van der Waals surface area (Å²) in [6.45, 7) is 11.5. The number of benzene rings is 2. The Balaban J connectivity index is 1.37. The predicted octanol–water partition coefficient (Wildman–Crippen LogP) is 15.1. The van der Waals surface area contributed by atoms with Crippen LogP contribution in [0, 0.1) is 0 Å². The standard InChI is InChI=1S/C56H96N2O4/c1-3-5-7-9-11-13-15-17-18-19-21-23-25-27-29-31-46-61-55-48-52(33-30-28-26-24-22-20-16-14-12-10-8-6-4-2)47-54(49-55)53-37-35-51(36-38-53)50-62-56(60)34-32-39-57-40-42-58(43-41-57)44-45-59/h35-38,47-49,59H,3-34,39-46,50H2,1-2H3. The summed E-state index contributed by atoms with van der Waals surface area (Å²) in [4.78, 5) is 17.3. The van der Waals surface area contributed by atoms with Gasteiger partial charge < -0.3 is 19.5 Å². The van der Waals surface area contributed by atoms with Crippen LogP contribution in [0.2, 0.25) is 0 Å². The summed E-state index contributed by atoms with van der Waals surface area (Å²) in [5.74, 6) is 0.873. The quantitative estimate of drug-likeness (QED) is 0.0531. The molecule has 0 aliphatic carbocycles. The minimum Gasteiger partial charge on any atom is -0.494 e. The Morgan fingerprint density at radius 3 is 1.44 bits per heavy atom. The summed E-state index contributed by atoms with van der Waals surface area (Å²) in [6.07, 6.45) is 42.3. The van der Waals surface area contributed by atoms with Crippen LogP contribution in [0.15, 0.2) is 42.5 Å². The molecule has 0 unspecified atom stereocenters. The highest BCUT2D eigenvalue weighted by atomic mass is 16.5. The zero-order chi connectivity index (χ0) is 44.0. The average Bonchev–Trinajstić information content (AvgIpc) is 3.29. The van der Waals surface area contributed by atoms with Gasteiger partial charge in [-0.3, -0.25) is 9.69 Å². The minimum absolute atomic E-state index is 0.125. The van der Waals surface area contributed by atoms with Gasteiger partial charge in [0.1, 0.15) is 12.4 Å². The molecule has 1 heterocycles. The first-order chi connectivity index (χ1) is 30.6. The van der Waals surface area contributed by atoms with E-state index in [0.717, 1.165) is 76.5 Å². The summed E-state index contributed by atoms with van der Waals surface area (Å²) in [7, 11) is 0. The van der Waals surface area contributed by atoms with E-state index in [4.69, 9.17) is 9.47 Å². The van der Waals surface area contributed by atoms with Crippen molar-refractivity contribution in [3.63, 3.8) is 0 Å². The number of carbonyl (C=O) groups is 1. The lowest BCUT2D eigenvalue weighted by Gasteiger charge is -2.34. The van der Waals surface area contributed by atoms with Gasteiger partial charge in [0.05, 0.1) is 13.2 Å². The van der Waals surface area contributed by atoms with Crippen molar-refractivity contribution >= 4 is 5.97 Å². The van der Waals surface area contributed by atoms with Crippen LogP contribution in [-0.4, -0.2) is 73.4 Å². The molecule has 6 heteroatoms. The molecule has 0 bridgehead atoms. The molecule has 6 nitrogen and oxygen atoms in total. The van der Waals surface area contributed by atoms with E-state index < -0.39 is 0 Å². The number of unbranched alkanes of at least 4 members (excludes halogenated alkanes) is 27. The fourth-order valence-electron chi connectivity index (χ4n) is 9.10. The van der Waals surface area contributed by atoms with Gasteiger partial charge in [0, 0.05) is 39.1 Å². The summed E-state index contributed by atoms with van der Waals surface area (Å²) in [6, 6.07) is 15.4. The molecule has 0 saturated carbocycles. The first kappa shape index (κ1) is 53.9. The van der Waals surface area contributed by atoms with E-state index in [1.54, 1.807) is 0 Å². The molecule has 0 amide bonds. The largest absolute Gasteiger partial charge is 0.494 e. The van der Waals surface area contributed by atoms with Gasteiger partial charge in [-0.15, -0.1) is 0 Å². The number of rotatable bonds is 41. The first-order valence-electron chi connectivity index (χ1n) is 26.7. The lowest BCUT2D eigenvalue weighted by atomic mass is 9.98. The first-order valence-corrected chi connectivity index (χ1v) is 26.7. The van der Waals surface area contributed by atoms with Crippen molar-refractivity contribution in [3.8, 4) is 16.9 Å². The lowest BCUT2D eigenvalue weighted by Crippen LogP contribution is -2.47. The van der Waals surface area contributed by atoms with Crippen LogP contribution < -0.4 is 4.74 Å². The number of carbonyl (C=O) groups excluding carboxylic acids is 1. The van der Waals surface area contributed by atoms with Crippen LogP contribution in [0.1, 0.15) is 224 Å². The number of hydrogen-bond acceptors (Lipinski definition) is 6. The fourth-order valence-corrected chi connectivity index (χ4v) is 9.10. The number of ether oxygens (including phenoxy) is 2. The third-order valence-corrected chi connectivity index (χ3v) is 13.2. The van der Waals surface area contributed by atoms with E-state index in [-0.39, 0.29) is 12.6 Å². The van der Waals surface area contributed by atoms with Crippen LogP contribution in [0.25, 0.3) is 11.1 Å². The Hall–Kier alpha value is -2.41. The van der Waals surface area contributed by atoms with Gasteiger partial charge in [0.2, 0.25) is 0 Å². The number of piperazine rings is 1. The molecule has 3 rings (SSSR count). The molecule has 1 aliphatic heterocycles. The maximum absolute atomic E-state index is 12.6. The Bertz CT molecular complexity index is 1320. The summed E-state index contributed by atoms with van der Waals surface area (Å²) in [5, 5.41) is 9.17. The average molecular weight is 861 g/mol. The van der Waals surface area contributed by atoms with Gasteiger partial charge in [0.25, 0.3) is 0 Å². The van der Waals surface area contributed by atoms with Crippen LogP contribution >= 0.6 is 0 Å². The van der Waals surface area contributed by atoms with Crippen LogP contribution in [0.3, 0.4) is 0 Å². The second-order valence-electron chi connectivity index (χ2n) is 18.9. The highest BCUT2D eigenvalue weighted by molar-refractivity contribution is 5.69. The minimum atomic E-state index is -0.125. The third-order valence-electron chi connectivity index (χ3n) is 13.2. The van der Waals surface area contributed by atoms with Crippen LogP contribution in [0.5, 0.6) is 5.75 Å². The number of aliphatic hydroxyl groups excluding tert-OH is 1. The fraction of sp³-hybridized carbons (Fsp3) is 0.768. The van der Waals surface area contributed by atoms with E-state index >= 15 is 0 Å². The molecule has 2 aromatic carbocycles. The van der Waals surface area contributed by atoms with E-state index in [0.29, 0.717) is 13.0 Å². The molecule has 1 fully saturated rings. The number of hydrogen-bond donors (Lipinski definition) is 1. The number of esters is 1. The van der Waals surface area contributed by atoms with Gasteiger partial charge in [-0.1, -0.05) is 218 Å². The Labute approximate surface area is 382 Å². The molecule has 0 atom stereocenters. The zero-order valence-electron chi connectivity index (χ0n) is 40.6.